The predicted octanol–water partition coefficient (Wildman–Crippen LogP) is 4.50. The molecule has 2 bridgehead atoms. The van der Waals surface area contributed by atoms with Gasteiger partial charge in [-0.1, -0.05) is 0 Å². The van der Waals surface area contributed by atoms with E-state index in [1.807, 2.05) is 4.68 Å². The fourth-order valence-corrected chi connectivity index (χ4v) is 7.09. The zero-order chi connectivity index (χ0) is 24.8. The summed E-state index contributed by atoms with van der Waals surface area (Å²) in [6, 6.07) is 8.41. The van der Waals surface area contributed by atoms with Gasteiger partial charge in [-0.05, 0) is 70.6 Å². The summed E-state index contributed by atoms with van der Waals surface area (Å²) in [6.45, 7) is 6.87. The lowest BCUT2D eigenvalue weighted by molar-refractivity contribution is -0.182. The summed E-state index contributed by atoms with van der Waals surface area (Å²) in [6.07, 6.45) is 6.48. The van der Waals surface area contributed by atoms with E-state index >= 15 is 0 Å². The Morgan fingerprint density at radius 3 is 2.63 bits per heavy atom. The first-order valence-corrected chi connectivity index (χ1v) is 12.4. The van der Waals surface area contributed by atoms with Crippen molar-refractivity contribution in [2.24, 2.45) is 10.8 Å². The monoisotopic (exact) mass is 473 g/mol. The van der Waals surface area contributed by atoms with E-state index in [9.17, 15) is 14.9 Å². The van der Waals surface area contributed by atoms with Gasteiger partial charge in [0.15, 0.2) is 11.2 Å². The van der Waals surface area contributed by atoms with Gasteiger partial charge in [0.2, 0.25) is 0 Å². The Kier molecular flexibility index (Phi) is 4.60. The number of Topliss-reactive ketones (excluding diaryl/α,β-unsaturated/α-hetero) is 1. The lowest BCUT2D eigenvalue weighted by Crippen LogP contribution is -2.63. The second kappa shape index (κ2) is 7.20. The highest BCUT2D eigenvalue weighted by Crippen LogP contribution is 2.73. The molecule has 7 nitrogen and oxygen atoms in total. The van der Waals surface area contributed by atoms with Gasteiger partial charge in [0.25, 0.3) is 0 Å². The summed E-state index contributed by atoms with van der Waals surface area (Å²) in [5, 5.41) is 11.7. The first-order valence-electron chi connectivity index (χ1n) is 12.4. The zero-order valence-corrected chi connectivity index (χ0v) is 20.8. The van der Waals surface area contributed by atoms with Gasteiger partial charge in [0.05, 0.1) is 47.5 Å². The number of rotatable bonds is 6. The van der Waals surface area contributed by atoms with Gasteiger partial charge in [-0.15, -0.1) is 0 Å². The molecule has 5 aliphatic rings. The smallest absolute Gasteiger partial charge is 0.193 e. The van der Waals surface area contributed by atoms with Crippen LogP contribution in [0.3, 0.4) is 0 Å². The number of aromatic nitrogens is 1. The molecule has 2 aromatic rings. The van der Waals surface area contributed by atoms with Gasteiger partial charge in [0.1, 0.15) is 5.75 Å². The highest BCUT2D eigenvalue weighted by molar-refractivity contribution is 5.94. The normalized spacial score (nSPS) is 28.7. The lowest BCUT2D eigenvalue weighted by atomic mass is 9.36. The summed E-state index contributed by atoms with van der Waals surface area (Å²) in [5.41, 5.74) is 3.73. The van der Waals surface area contributed by atoms with Crippen LogP contribution in [0.1, 0.15) is 80.4 Å². The third-order valence-electron chi connectivity index (χ3n) is 8.67. The number of nitriles is 1. The van der Waals surface area contributed by atoms with Crippen LogP contribution in [0, 0.1) is 22.2 Å². The highest BCUT2D eigenvalue weighted by Gasteiger charge is 2.68. The van der Waals surface area contributed by atoms with Crippen molar-refractivity contribution in [1.29, 1.82) is 5.26 Å². The topological polar surface area (TPSA) is 84.6 Å². The van der Waals surface area contributed by atoms with E-state index in [4.69, 9.17) is 9.47 Å². The summed E-state index contributed by atoms with van der Waals surface area (Å²) < 4.78 is 14.0. The average molecular weight is 474 g/mol. The number of benzene rings is 1. The van der Waals surface area contributed by atoms with Crippen molar-refractivity contribution in [2.75, 3.05) is 18.7 Å². The van der Waals surface area contributed by atoms with Gasteiger partial charge in [-0.25, -0.2) is 0 Å². The van der Waals surface area contributed by atoms with E-state index in [0.717, 1.165) is 60.2 Å². The molecule has 1 atom stereocenters. The first-order chi connectivity index (χ1) is 16.6. The summed E-state index contributed by atoms with van der Waals surface area (Å²) in [7, 11) is 1.67. The molecule has 182 valence electrons. The minimum Gasteiger partial charge on any atom is -0.493 e. The second-order valence-electron chi connectivity index (χ2n) is 11.7. The third kappa shape index (κ3) is 3.12. The summed E-state index contributed by atoms with van der Waals surface area (Å²) >= 11 is 0. The zero-order valence-electron chi connectivity index (χ0n) is 20.8. The van der Waals surface area contributed by atoms with Crippen molar-refractivity contribution in [3.8, 4) is 23.1 Å². The maximum atomic E-state index is 12.9. The molecule has 0 radical (unpaired) electrons. The lowest BCUT2D eigenvalue weighted by Gasteiger charge is -2.66. The van der Waals surface area contributed by atoms with Gasteiger partial charge in [-0.3, -0.25) is 19.3 Å². The Balaban J connectivity index is 1.45. The molecule has 35 heavy (non-hydrogen) atoms. The Hall–Kier alpha value is -3.11. The number of hydrogen-bond acceptors (Lipinski definition) is 6. The molecule has 1 aromatic carbocycles. The standard InChI is InChI=1S/C28H31N3O4/c1-17(32)21-10-30-23(9-24(21)33)19-7-18(11-34-4)25(35-16-28-12-27(13-28,14-28)15-29)8-20(19)22-5-6-26(2,3)31(22)30/h7-10,22H,5-6,11-14,16H2,1-4H3/t22-,27?,28?/m1/s1. The van der Waals surface area contributed by atoms with Crippen molar-refractivity contribution in [1.82, 2.24) is 4.68 Å². The fourth-order valence-electron chi connectivity index (χ4n) is 7.09. The van der Waals surface area contributed by atoms with Gasteiger partial charge in [-0.2, -0.15) is 5.26 Å². The van der Waals surface area contributed by atoms with Crippen LogP contribution in [-0.4, -0.2) is 29.7 Å². The minimum absolute atomic E-state index is 0.0970. The molecular formula is C28H31N3O4. The van der Waals surface area contributed by atoms with Crippen LogP contribution in [0.15, 0.2) is 29.2 Å². The number of methoxy groups -OCH3 is 1. The van der Waals surface area contributed by atoms with Crippen molar-refractivity contribution >= 4 is 5.78 Å². The molecule has 2 aliphatic heterocycles. The van der Waals surface area contributed by atoms with E-state index in [0.29, 0.717) is 13.2 Å². The molecule has 1 aromatic heterocycles. The van der Waals surface area contributed by atoms with E-state index in [2.05, 4.69) is 37.1 Å². The van der Waals surface area contributed by atoms with Crippen molar-refractivity contribution < 1.29 is 14.3 Å². The first kappa shape index (κ1) is 22.4. The molecule has 0 spiro atoms. The Morgan fingerprint density at radius 1 is 1.23 bits per heavy atom. The second-order valence-corrected chi connectivity index (χ2v) is 11.7. The van der Waals surface area contributed by atoms with Crippen LogP contribution in [-0.2, 0) is 11.3 Å². The maximum absolute atomic E-state index is 12.9. The Morgan fingerprint density at radius 2 is 1.97 bits per heavy atom. The number of carbonyl (C=O) groups excluding carboxylic acids is 1. The van der Waals surface area contributed by atoms with Crippen LogP contribution in [0.2, 0.25) is 0 Å². The van der Waals surface area contributed by atoms with Gasteiger partial charge in [0, 0.05) is 35.9 Å². The molecule has 4 fully saturated rings. The molecule has 7 heteroatoms. The molecule has 3 heterocycles. The molecule has 0 N–H and O–H groups in total. The number of pyridine rings is 1. The average Bonchev–Trinajstić information content (AvgIpc) is 3.07. The van der Waals surface area contributed by atoms with E-state index in [1.165, 1.54) is 6.92 Å². The van der Waals surface area contributed by atoms with E-state index in [-0.39, 0.29) is 39.2 Å². The van der Waals surface area contributed by atoms with Crippen LogP contribution < -0.4 is 15.2 Å². The van der Waals surface area contributed by atoms with Crippen LogP contribution in [0.4, 0.5) is 0 Å². The van der Waals surface area contributed by atoms with E-state index < -0.39 is 0 Å². The number of ketones is 1. The Labute approximate surface area is 205 Å². The molecule has 0 amide bonds. The summed E-state index contributed by atoms with van der Waals surface area (Å²) in [5.74, 6) is 0.599. The van der Waals surface area contributed by atoms with Crippen molar-refractivity contribution in [3.05, 3.63) is 51.3 Å². The predicted molar refractivity (Wildman–Crippen MR) is 131 cm³/mol. The van der Waals surface area contributed by atoms with Crippen LogP contribution in [0.25, 0.3) is 11.3 Å². The Bertz CT molecular complexity index is 1350. The van der Waals surface area contributed by atoms with Crippen molar-refractivity contribution in [2.45, 2.75) is 71.1 Å². The minimum atomic E-state index is -0.256. The molecule has 1 saturated heterocycles. The third-order valence-corrected chi connectivity index (χ3v) is 8.67. The number of nitrogens with zero attached hydrogens (tertiary/aromatic N) is 3. The van der Waals surface area contributed by atoms with E-state index in [1.54, 1.807) is 19.4 Å². The number of fused-ring (bicyclic) bond motifs is 6. The molecular weight excluding hydrogens is 442 g/mol. The number of ether oxygens (including phenoxy) is 2. The highest BCUT2D eigenvalue weighted by atomic mass is 16.5. The quantitative estimate of drug-likeness (QED) is 0.575. The maximum Gasteiger partial charge on any atom is 0.193 e. The SMILES string of the molecule is COCc1cc2c(cc1OCC13CC(C#N)(C1)C3)[C@H]1CCC(C)(C)N1n1cc(C(C)=O)c(=O)cc1-2. The number of carbonyl (C=O) groups is 1. The molecule has 7 rings (SSSR count). The van der Waals surface area contributed by atoms with Gasteiger partial charge < -0.3 is 9.47 Å². The van der Waals surface area contributed by atoms with Crippen LogP contribution >= 0.6 is 0 Å². The molecule has 0 unspecified atom stereocenters. The fraction of sp³-hybridized carbons (Fsp3) is 0.536. The molecule has 3 saturated carbocycles. The van der Waals surface area contributed by atoms with Crippen molar-refractivity contribution in [3.63, 3.8) is 0 Å². The van der Waals surface area contributed by atoms with Gasteiger partial charge >= 0.3 is 0 Å². The number of hydrogen-bond donors (Lipinski definition) is 0. The summed E-state index contributed by atoms with van der Waals surface area (Å²) in [4.78, 5) is 25.0. The van der Waals surface area contributed by atoms with Crippen LogP contribution in [0.5, 0.6) is 5.75 Å². The molecule has 3 aliphatic carbocycles. The largest absolute Gasteiger partial charge is 0.493 e.